The SMILES string of the molecule is Cc1ccccc1SCc1nc(C)c(I)c(Cl)n1. The van der Waals surface area contributed by atoms with Crippen LogP contribution in [0.25, 0.3) is 0 Å². The summed E-state index contributed by atoms with van der Waals surface area (Å²) in [7, 11) is 0. The van der Waals surface area contributed by atoms with E-state index in [0.717, 1.165) is 20.8 Å². The minimum absolute atomic E-state index is 0.545. The van der Waals surface area contributed by atoms with Crippen LogP contribution in [0, 0.1) is 17.4 Å². The molecule has 0 N–H and O–H groups in total. The van der Waals surface area contributed by atoms with E-state index < -0.39 is 0 Å². The second-order valence-electron chi connectivity index (χ2n) is 3.88. The van der Waals surface area contributed by atoms with Gasteiger partial charge in [-0.25, -0.2) is 9.97 Å². The Morgan fingerprint density at radius 1 is 1.22 bits per heavy atom. The molecule has 5 heteroatoms. The van der Waals surface area contributed by atoms with Crippen molar-refractivity contribution in [3.05, 3.63) is 50.1 Å². The molecule has 0 unspecified atom stereocenters. The van der Waals surface area contributed by atoms with Gasteiger partial charge in [-0.3, -0.25) is 0 Å². The highest BCUT2D eigenvalue weighted by atomic mass is 127. The zero-order valence-corrected chi connectivity index (χ0v) is 13.8. The number of halogens is 2. The maximum atomic E-state index is 6.06. The number of nitrogens with zero attached hydrogens (tertiary/aromatic N) is 2. The van der Waals surface area contributed by atoms with Crippen molar-refractivity contribution >= 4 is 46.0 Å². The van der Waals surface area contributed by atoms with Crippen molar-refractivity contribution < 1.29 is 0 Å². The first kappa shape index (κ1) is 14.1. The standard InChI is InChI=1S/C13H12ClIN2S/c1-8-5-3-4-6-10(8)18-7-11-16-9(2)12(15)13(14)17-11/h3-6H,7H2,1-2H3. The van der Waals surface area contributed by atoms with E-state index in [-0.39, 0.29) is 0 Å². The van der Waals surface area contributed by atoms with Crippen molar-refractivity contribution in [3.8, 4) is 0 Å². The van der Waals surface area contributed by atoms with Crippen molar-refractivity contribution in [2.75, 3.05) is 0 Å². The van der Waals surface area contributed by atoms with E-state index >= 15 is 0 Å². The normalized spacial score (nSPS) is 10.7. The predicted octanol–water partition coefficient (Wildman–Crippen LogP) is 4.64. The Morgan fingerprint density at radius 3 is 2.61 bits per heavy atom. The molecule has 0 fully saturated rings. The number of hydrogen-bond donors (Lipinski definition) is 0. The summed E-state index contributed by atoms with van der Waals surface area (Å²) >= 11 is 9.97. The van der Waals surface area contributed by atoms with Crippen LogP contribution in [0.3, 0.4) is 0 Å². The molecule has 0 spiro atoms. The predicted molar refractivity (Wildman–Crippen MR) is 85.2 cm³/mol. The first-order valence-corrected chi connectivity index (χ1v) is 7.89. The fourth-order valence-electron chi connectivity index (χ4n) is 1.50. The molecule has 94 valence electrons. The van der Waals surface area contributed by atoms with Gasteiger partial charge in [0.25, 0.3) is 0 Å². The second-order valence-corrected chi connectivity index (χ2v) is 6.34. The van der Waals surface area contributed by atoms with Gasteiger partial charge in [0.1, 0.15) is 11.0 Å². The van der Waals surface area contributed by atoms with Gasteiger partial charge in [-0.2, -0.15) is 0 Å². The van der Waals surface area contributed by atoms with Gasteiger partial charge in [0.2, 0.25) is 0 Å². The second kappa shape index (κ2) is 6.21. The maximum Gasteiger partial charge on any atom is 0.146 e. The van der Waals surface area contributed by atoms with Crippen molar-refractivity contribution in [2.24, 2.45) is 0 Å². The Kier molecular flexibility index (Phi) is 4.86. The van der Waals surface area contributed by atoms with Crippen LogP contribution in [0.4, 0.5) is 0 Å². The van der Waals surface area contributed by atoms with Crippen LogP contribution < -0.4 is 0 Å². The molecule has 0 saturated heterocycles. The maximum absolute atomic E-state index is 6.06. The van der Waals surface area contributed by atoms with Gasteiger partial charge >= 0.3 is 0 Å². The summed E-state index contributed by atoms with van der Waals surface area (Å²) in [6, 6.07) is 8.31. The number of rotatable bonds is 3. The van der Waals surface area contributed by atoms with Gasteiger partial charge in [-0.1, -0.05) is 29.8 Å². The van der Waals surface area contributed by atoms with Crippen LogP contribution in [-0.2, 0) is 5.75 Å². The largest absolute Gasteiger partial charge is 0.236 e. The highest BCUT2D eigenvalue weighted by molar-refractivity contribution is 14.1. The molecular weight excluding hydrogens is 379 g/mol. The number of hydrogen-bond acceptors (Lipinski definition) is 3. The minimum Gasteiger partial charge on any atom is -0.236 e. The summed E-state index contributed by atoms with van der Waals surface area (Å²) < 4.78 is 0.930. The Balaban J connectivity index is 2.14. The quantitative estimate of drug-likeness (QED) is 0.434. The molecule has 0 aliphatic heterocycles. The molecule has 1 heterocycles. The lowest BCUT2D eigenvalue weighted by molar-refractivity contribution is 0.983. The van der Waals surface area contributed by atoms with Crippen molar-refractivity contribution in [1.82, 2.24) is 9.97 Å². The molecule has 0 amide bonds. The molecule has 2 nitrogen and oxygen atoms in total. The third-order valence-electron chi connectivity index (χ3n) is 2.47. The highest BCUT2D eigenvalue weighted by Crippen LogP contribution is 2.26. The molecule has 2 rings (SSSR count). The molecule has 0 radical (unpaired) electrons. The first-order valence-electron chi connectivity index (χ1n) is 5.45. The lowest BCUT2D eigenvalue weighted by Crippen LogP contribution is -1.99. The molecule has 0 atom stereocenters. The lowest BCUT2D eigenvalue weighted by Gasteiger charge is -2.06. The molecule has 2 aromatic rings. The zero-order valence-electron chi connectivity index (χ0n) is 10.1. The van der Waals surface area contributed by atoms with E-state index in [1.54, 1.807) is 11.8 Å². The summed E-state index contributed by atoms with van der Waals surface area (Å²) in [4.78, 5) is 10.0. The number of benzene rings is 1. The van der Waals surface area contributed by atoms with Crippen molar-refractivity contribution in [3.63, 3.8) is 0 Å². The van der Waals surface area contributed by atoms with E-state index in [1.807, 2.05) is 19.1 Å². The average molecular weight is 391 g/mol. The smallest absolute Gasteiger partial charge is 0.146 e. The third kappa shape index (κ3) is 3.36. The van der Waals surface area contributed by atoms with Gasteiger partial charge in [-0.05, 0) is 48.1 Å². The first-order chi connectivity index (χ1) is 8.58. The van der Waals surface area contributed by atoms with E-state index in [4.69, 9.17) is 11.6 Å². The van der Waals surface area contributed by atoms with E-state index in [1.165, 1.54) is 10.5 Å². The molecule has 1 aromatic heterocycles. The Labute approximate surface area is 130 Å². The van der Waals surface area contributed by atoms with Gasteiger partial charge in [0.05, 0.1) is 15.0 Å². The average Bonchev–Trinajstić information content (AvgIpc) is 2.35. The van der Waals surface area contributed by atoms with Gasteiger partial charge in [0.15, 0.2) is 0 Å². The Hall–Kier alpha value is -0.330. The molecule has 0 saturated carbocycles. The topological polar surface area (TPSA) is 25.8 Å². The molecule has 1 aromatic carbocycles. The zero-order chi connectivity index (χ0) is 13.1. The van der Waals surface area contributed by atoms with Crippen molar-refractivity contribution in [1.29, 1.82) is 0 Å². The summed E-state index contributed by atoms with van der Waals surface area (Å²) in [5.74, 6) is 1.52. The van der Waals surface area contributed by atoms with E-state index in [9.17, 15) is 0 Å². The summed E-state index contributed by atoms with van der Waals surface area (Å²) in [5.41, 5.74) is 2.21. The van der Waals surface area contributed by atoms with Crippen LogP contribution in [0.15, 0.2) is 29.2 Å². The number of aryl methyl sites for hydroxylation is 2. The number of thioether (sulfide) groups is 1. The monoisotopic (exact) mass is 390 g/mol. The third-order valence-corrected chi connectivity index (χ3v) is 5.53. The number of aromatic nitrogens is 2. The van der Waals surface area contributed by atoms with Crippen LogP contribution in [0.2, 0.25) is 5.15 Å². The van der Waals surface area contributed by atoms with Crippen LogP contribution >= 0.6 is 46.0 Å². The van der Waals surface area contributed by atoms with Crippen LogP contribution in [0.1, 0.15) is 17.1 Å². The Bertz CT molecular complexity index is 552. The van der Waals surface area contributed by atoms with Crippen LogP contribution in [0.5, 0.6) is 0 Å². The van der Waals surface area contributed by atoms with E-state index in [0.29, 0.717) is 5.15 Å². The van der Waals surface area contributed by atoms with E-state index in [2.05, 4.69) is 51.6 Å². The fraction of sp³-hybridized carbons (Fsp3) is 0.231. The Morgan fingerprint density at radius 2 is 1.94 bits per heavy atom. The van der Waals surface area contributed by atoms with Crippen molar-refractivity contribution in [2.45, 2.75) is 24.5 Å². The lowest BCUT2D eigenvalue weighted by atomic mass is 10.2. The van der Waals surface area contributed by atoms with Gasteiger partial charge in [-0.15, -0.1) is 11.8 Å². The molecule has 0 aliphatic rings. The minimum atomic E-state index is 0.545. The summed E-state index contributed by atoms with van der Waals surface area (Å²) in [5, 5.41) is 0.545. The summed E-state index contributed by atoms with van der Waals surface area (Å²) in [6.07, 6.45) is 0. The summed E-state index contributed by atoms with van der Waals surface area (Å²) in [6.45, 7) is 4.06. The van der Waals surface area contributed by atoms with Crippen LogP contribution in [-0.4, -0.2) is 9.97 Å². The highest BCUT2D eigenvalue weighted by Gasteiger charge is 2.08. The van der Waals surface area contributed by atoms with Gasteiger partial charge in [0, 0.05) is 4.90 Å². The van der Waals surface area contributed by atoms with Gasteiger partial charge < -0.3 is 0 Å². The molecule has 0 aliphatic carbocycles. The fourth-order valence-corrected chi connectivity index (χ4v) is 2.86. The molecule has 18 heavy (non-hydrogen) atoms. The molecular formula is C13H12ClIN2S. The molecule has 0 bridgehead atoms.